The summed E-state index contributed by atoms with van der Waals surface area (Å²) in [5.41, 5.74) is 3.83. The van der Waals surface area contributed by atoms with E-state index in [1.807, 2.05) is 0 Å². The Kier molecular flexibility index (Phi) is 3.10. The summed E-state index contributed by atoms with van der Waals surface area (Å²) in [4.78, 5) is 12.5. The fourth-order valence-electron chi connectivity index (χ4n) is 1.13. The summed E-state index contributed by atoms with van der Waals surface area (Å²) in [6, 6.07) is 0. The molecule has 0 aromatic carbocycles. The minimum absolute atomic E-state index is 0.355. The van der Waals surface area contributed by atoms with Gasteiger partial charge in [0.2, 0.25) is 0 Å². The number of hydrogen-bond donors (Lipinski definition) is 2. The molecule has 0 aliphatic heterocycles. The summed E-state index contributed by atoms with van der Waals surface area (Å²) in [7, 11) is 0. The molecular weight excluding hydrogens is 212 g/mol. The van der Waals surface area contributed by atoms with E-state index in [2.05, 4.69) is 4.98 Å². The highest BCUT2D eigenvalue weighted by Gasteiger charge is 2.28. The van der Waals surface area contributed by atoms with Crippen LogP contribution in [0.25, 0.3) is 0 Å². The molecule has 0 saturated heterocycles. The Morgan fingerprint density at radius 2 is 2.27 bits per heavy atom. The van der Waals surface area contributed by atoms with E-state index in [-0.39, 0.29) is 5.56 Å². The molecule has 15 heavy (non-hydrogen) atoms. The van der Waals surface area contributed by atoms with Gasteiger partial charge in [-0.3, -0.25) is 0 Å². The van der Waals surface area contributed by atoms with E-state index in [4.69, 9.17) is 10.8 Å². The highest BCUT2D eigenvalue weighted by Crippen LogP contribution is 2.34. The number of aromatic nitrogens is 1. The molecule has 82 valence electrons. The standard InChI is InChI=1S/C7H7F2N3O3/c8-6(9)5-3(1-10)4(13)2-11-7(5)12(14)15/h2,6,13H,1,10H2. The van der Waals surface area contributed by atoms with Gasteiger partial charge >= 0.3 is 5.82 Å². The number of nitrogens with two attached hydrogens (primary N) is 1. The first-order valence-electron chi connectivity index (χ1n) is 3.82. The van der Waals surface area contributed by atoms with Crippen molar-refractivity contribution in [3.63, 3.8) is 0 Å². The lowest BCUT2D eigenvalue weighted by atomic mass is 10.1. The maximum Gasteiger partial charge on any atom is 0.372 e. The van der Waals surface area contributed by atoms with E-state index in [0.717, 1.165) is 6.20 Å². The van der Waals surface area contributed by atoms with Crippen molar-refractivity contribution in [2.75, 3.05) is 0 Å². The molecule has 1 aromatic rings. The number of pyridine rings is 1. The van der Waals surface area contributed by atoms with Crippen LogP contribution in [0.5, 0.6) is 5.75 Å². The molecule has 0 atom stereocenters. The van der Waals surface area contributed by atoms with Gasteiger partial charge in [-0.1, -0.05) is 0 Å². The Bertz CT molecular complexity index is 397. The summed E-state index contributed by atoms with van der Waals surface area (Å²) >= 11 is 0. The lowest BCUT2D eigenvalue weighted by Gasteiger charge is -2.07. The Balaban J connectivity index is 3.49. The number of halogens is 2. The van der Waals surface area contributed by atoms with Gasteiger partial charge in [-0.15, -0.1) is 0 Å². The van der Waals surface area contributed by atoms with Crippen LogP contribution in [-0.2, 0) is 6.54 Å². The Hall–Kier alpha value is -1.83. The van der Waals surface area contributed by atoms with Gasteiger partial charge in [0, 0.05) is 12.1 Å². The third-order valence-corrected chi connectivity index (χ3v) is 1.78. The summed E-state index contributed by atoms with van der Waals surface area (Å²) in [5, 5.41) is 19.5. The topological polar surface area (TPSA) is 102 Å². The fourth-order valence-corrected chi connectivity index (χ4v) is 1.13. The zero-order valence-electron chi connectivity index (χ0n) is 7.35. The van der Waals surface area contributed by atoms with Gasteiger partial charge in [0.15, 0.2) is 11.9 Å². The summed E-state index contributed by atoms with van der Waals surface area (Å²) in [6.45, 7) is -0.422. The first kappa shape index (κ1) is 11.2. The molecule has 8 heteroatoms. The number of nitrogens with zero attached hydrogens (tertiary/aromatic N) is 2. The predicted octanol–water partition coefficient (Wildman–Crippen LogP) is 1.09. The van der Waals surface area contributed by atoms with Gasteiger partial charge in [0.1, 0.15) is 5.56 Å². The van der Waals surface area contributed by atoms with Crippen LogP contribution in [-0.4, -0.2) is 15.0 Å². The van der Waals surface area contributed by atoms with Crippen molar-refractivity contribution in [1.82, 2.24) is 4.98 Å². The fraction of sp³-hybridized carbons (Fsp3) is 0.286. The molecule has 0 saturated carbocycles. The normalized spacial score (nSPS) is 10.7. The minimum Gasteiger partial charge on any atom is -0.504 e. The van der Waals surface area contributed by atoms with Gasteiger partial charge in [-0.25, -0.2) is 8.78 Å². The number of nitro groups is 1. The second kappa shape index (κ2) is 4.13. The molecule has 0 spiro atoms. The van der Waals surface area contributed by atoms with Crippen molar-refractivity contribution in [2.24, 2.45) is 5.73 Å². The van der Waals surface area contributed by atoms with Gasteiger partial charge in [0.25, 0.3) is 6.43 Å². The van der Waals surface area contributed by atoms with Crippen molar-refractivity contribution in [3.05, 3.63) is 27.4 Å². The quantitative estimate of drug-likeness (QED) is 0.585. The van der Waals surface area contributed by atoms with Crippen molar-refractivity contribution in [2.45, 2.75) is 13.0 Å². The Labute approximate surface area is 82.5 Å². The monoisotopic (exact) mass is 219 g/mol. The molecule has 1 aromatic heterocycles. The molecule has 6 nitrogen and oxygen atoms in total. The number of rotatable bonds is 3. The van der Waals surface area contributed by atoms with Gasteiger partial charge < -0.3 is 21.0 Å². The molecule has 0 radical (unpaired) electrons. The molecule has 0 aliphatic rings. The lowest BCUT2D eigenvalue weighted by molar-refractivity contribution is -0.391. The zero-order chi connectivity index (χ0) is 11.6. The van der Waals surface area contributed by atoms with E-state index in [1.165, 1.54) is 0 Å². The van der Waals surface area contributed by atoms with E-state index in [9.17, 15) is 18.9 Å². The lowest BCUT2D eigenvalue weighted by Crippen LogP contribution is -2.07. The van der Waals surface area contributed by atoms with E-state index < -0.39 is 35.0 Å². The summed E-state index contributed by atoms with van der Waals surface area (Å²) in [5.74, 6) is -1.55. The number of aromatic hydroxyl groups is 1. The molecule has 1 rings (SSSR count). The summed E-state index contributed by atoms with van der Waals surface area (Å²) in [6.07, 6.45) is -2.38. The van der Waals surface area contributed by atoms with Crippen LogP contribution in [0, 0.1) is 10.1 Å². The minimum atomic E-state index is -3.11. The van der Waals surface area contributed by atoms with E-state index in [0.29, 0.717) is 0 Å². The van der Waals surface area contributed by atoms with Crippen LogP contribution in [0.1, 0.15) is 17.6 Å². The SMILES string of the molecule is NCc1c(O)cnc([N+](=O)[O-])c1C(F)F. The molecule has 1 heterocycles. The smallest absolute Gasteiger partial charge is 0.372 e. The van der Waals surface area contributed by atoms with E-state index >= 15 is 0 Å². The first-order chi connectivity index (χ1) is 6.99. The second-order valence-corrected chi connectivity index (χ2v) is 2.62. The van der Waals surface area contributed by atoms with Gasteiger partial charge in [-0.2, -0.15) is 0 Å². The van der Waals surface area contributed by atoms with Crippen molar-refractivity contribution in [1.29, 1.82) is 0 Å². The number of alkyl halides is 2. The Morgan fingerprint density at radius 1 is 1.67 bits per heavy atom. The van der Waals surface area contributed by atoms with Crippen molar-refractivity contribution in [3.8, 4) is 5.75 Å². The molecule has 0 bridgehead atoms. The highest BCUT2D eigenvalue weighted by molar-refractivity contribution is 5.47. The maximum atomic E-state index is 12.5. The highest BCUT2D eigenvalue weighted by atomic mass is 19.3. The van der Waals surface area contributed by atoms with Crippen LogP contribution >= 0.6 is 0 Å². The molecular formula is C7H7F2N3O3. The third kappa shape index (κ3) is 1.99. The first-order valence-corrected chi connectivity index (χ1v) is 3.82. The zero-order valence-corrected chi connectivity index (χ0v) is 7.35. The summed E-state index contributed by atoms with van der Waals surface area (Å²) < 4.78 is 25.0. The Morgan fingerprint density at radius 3 is 2.67 bits per heavy atom. The van der Waals surface area contributed by atoms with Crippen LogP contribution in [0.2, 0.25) is 0 Å². The van der Waals surface area contributed by atoms with Crippen LogP contribution < -0.4 is 5.73 Å². The average Bonchev–Trinajstić information content (AvgIpc) is 2.16. The van der Waals surface area contributed by atoms with Crippen molar-refractivity contribution < 1.29 is 18.8 Å². The molecule has 3 N–H and O–H groups in total. The van der Waals surface area contributed by atoms with Gasteiger partial charge in [-0.05, 0) is 9.91 Å². The molecule has 0 unspecified atom stereocenters. The second-order valence-electron chi connectivity index (χ2n) is 2.62. The maximum absolute atomic E-state index is 12.5. The molecule has 0 fully saturated rings. The van der Waals surface area contributed by atoms with Crippen LogP contribution in [0.3, 0.4) is 0 Å². The third-order valence-electron chi connectivity index (χ3n) is 1.78. The molecule has 0 aliphatic carbocycles. The average molecular weight is 219 g/mol. The van der Waals surface area contributed by atoms with Crippen LogP contribution in [0.4, 0.5) is 14.6 Å². The van der Waals surface area contributed by atoms with Crippen molar-refractivity contribution >= 4 is 5.82 Å². The van der Waals surface area contributed by atoms with E-state index in [1.54, 1.807) is 0 Å². The van der Waals surface area contributed by atoms with Crippen LogP contribution in [0.15, 0.2) is 6.20 Å². The molecule has 0 amide bonds. The predicted molar refractivity (Wildman–Crippen MR) is 45.4 cm³/mol. The largest absolute Gasteiger partial charge is 0.504 e. The van der Waals surface area contributed by atoms with Gasteiger partial charge in [0.05, 0.1) is 0 Å². The number of hydrogen-bond acceptors (Lipinski definition) is 5.